The molecule has 2 aromatic heterocycles. The predicted octanol–water partition coefficient (Wildman–Crippen LogP) is 1.56. The second kappa shape index (κ2) is 4.01. The number of nitrogens with zero attached hydrogens (tertiary/aromatic N) is 4. The van der Waals surface area contributed by atoms with Gasteiger partial charge in [-0.25, -0.2) is 4.98 Å². The van der Waals surface area contributed by atoms with Crippen LogP contribution in [0.1, 0.15) is 0 Å². The standard InChI is InChI=1S/C13H15N5O/c1-17-11-5-4-8(19-3)6-10(11)16-13(17)9-7-15-18(2)12(9)14/h4-7H,14H2,1-3H3. The smallest absolute Gasteiger partial charge is 0.146 e. The van der Waals surface area contributed by atoms with Crippen LogP contribution in [0.25, 0.3) is 22.4 Å². The molecule has 3 rings (SSSR count). The van der Waals surface area contributed by atoms with Gasteiger partial charge in [-0.1, -0.05) is 0 Å². The monoisotopic (exact) mass is 257 g/mol. The van der Waals surface area contributed by atoms with E-state index in [9.17, 15) is 0 Å². The summed E-state index contributed by atoms with van der Waals surface area (Å²) in [5, 5.41) is 4.15. The fourth-order valence-electron chi connectivity index (χ4n) is 2.17. The van der Waals surface area contributed by atoms with Crippen molar-refractivity contribution >= 4 is 16.9 Å². The lowest BCUT2D eigenvalue weighted by atomic mass is 10.3. The molecule has 0 radical (unpaired) electrons. The molecule has 0 aliphatic rings. The van der Waals surface area contributed by atoms with Gasteiger partial charge in [0, 0.05) is 20.2 Å². The van der Waals surface area contributed by atoms with E-state index in [-0.39, 0.29) is 0 Å². The number of hydrogen-bond donors (Lipinski definition) is 1. The van der Waals surface area contributed by atoms with E-state index in [2.05, 4.69) is 10.1 Å². The average Bonchev–Trinajstić information content (AvgIpc) is 2.91. The van der Waals surface area contributed by atoms with Gasteiger partial charge in [0.15, 0.2) is 0 Å². The van der Waals surface area contributed by atoms with Crippen molar-refractivity contribution in [3.8, 4) is 17.1 Å². The van der Waals surface area contributed by atoms with E-state index in [4.69, 9.17) is 10.5 Å². The third kappa shape index (κ3) is 1.64. The van der Waals surface area contributed by atoms with Gasteiger partial charge >= 0.3 is 0 Å². The Kier molecular flexibility index (Phi) is 2.45. The summed E-state index contributed by atoms with van der Waals surface area (Å²) in [6.07, 6.45) is 1.73. The summed E-state index contributed by atoms with van der Waals surface area (Å²) >= 11 is 0. The molecule has 2 heterocycles. The highest BCUT2D eigenvalue weighted by Crippen LogP contribution is 2.29. The Morgan fingerprint density at radius 2 is 2.05 bits per heavy atom. The maximum absolute atomic E-state index is 6.00. The first-order chi connectivity index (χ1) is 9.11. The minimum atomic E-state index is 0.602. The summed E-state index contributed by atoms with van der Waals surface area (Å²) in [5.41, 5.74) is 8.74. The van der Waals surface area contributed by atoms with Crippen molar-refractivity contribution in [2.45, 2.75) is 0 Å². The zero-order valence-electron chi connectivity index (χ0n) is 11.1. The van der Waals surface area contributed by atoms with Crippen LogP contribution in [0.15, 0.2) is 24.4 Å². The third-order valence-electron chi connectivity index (χ3n) is 3.31. The number of hydrogen-bond acceptors (Lipinski definition) is 4. The maximum atomic E-state index is 6.00. The molecule has 6 nitrogen and oxygen atoms in total. The van der Waals surface area contributed by atoms with Gasteiger partial charge in [-0.05, 0) is 12.1 Å². The normalized spacial score (nSPS) is 11.1. The van der Waals surface area contributed by atoms with Crippen LogP contribution in [0, 0.1) is 0 Å². The minimum Gasteiger partial charge on any atom is -0.497 e. The third-order valence-corrected chi connectivity index (χ3v) is 3.31. The molecular formula is C13H15N5O. The van der Waals surface area contributed by atoms with Crippen LogP contribution in [0.3, 0.4) is 0 Å². The fourth-order valence-corrected chi connectivity index (χ4v) is 2.17. The van der Waals surface area contributed by atoms with Gasteiger partial charge in [-0.3, -0.25) is 4.68 Å². The van der Waals surface area contributed by atoms with Gasteiger partial charge in [0.1, 0.15) is 17.4 Å². The van der Waals surface area contributed by atoms with E-state index in [1.165, 1.54) is 0 Å². The number of aryl methyl sites for hydroxylation is 2. The summed E-state index contributed by atoms with van der Waals surface area (Å²) in [4.78, 5) is 4.61. The first-order valence-electron chi connectivity index (χ1n) is 5.90. The lowest BCUT2D eigenvalue weighted by molar-refractivity contribution is 0.415. The lowest BCUT2D eigenvalue weighted by Gasteiger charge is -2.02. The number of ether oxygens (including phenoxy) is 1. The molecule has 98 valence electrons. The van der Waals surface area contributed by atoms with E-state index in [1.807, 2.05) is 36.9 Å². The number of anilines is 1. The molecule has 0 bridgehead atoms. The van der Waals surface area contributed by atoms with Crippen LogP contribution >= 0.6 is 0 Å². The van der Waals surface area contributed by atoms with E-state index in [0.717, 1.165) is 28.2 Å². The van der Waals surface area contributed by atoms with Gasteiger partial charge in [0.2, 0.25) is 0 Å². The van der Waals surface area contributed by atoms with E-state index in [0.29, 0.717) is 5.82 Å². The van der Waals surface area contributed by atoms with Crippen molar-refractivity contribution < 1.29 is 4.74 Å². The van der Waals surface area contributed by atoms with Crippen LogP contribution in [0.5, 0.6) is 5.75 Å². The largest absolute Gasteiger partial charge is 0.497 e. The second-order valence-electron chi connectivity index (χ2n) is 4.42. The Balaban J connectivity index is 2.25. The van der Waals surface area contributed by atoms with Crippen molar-refractivity contribution in [3.05, 3.63) is 24.4 Å². The number of methoxy groups -OCH3 is 1. The Morgan fingerprint density at radius 1 is 1.26 bits per heavy atom. The van der Waals surface area contributed by atoms with Crippen LogP contribution < -0.4 is 10.5 Å². The number of imidazole rings is 1. The predicted molar refractivity (Wildman–Crippen MR) is 73.9 cm³/mol. The molecule has 0 saturated carbocycles. The highest BCUT2D eigenvalue weighted by molar-refractivity contribution is 5.83. The van der Waals surface area contributed by atoms with Crippen LogP contribution in [-0.2, 0) is 14.1 Å². The van der Waals surface area contributed by atoms with Gasteiger partial charge in [-0.2, -0.15) is 5.10 Å². The topological polar surface area (TPSA) is 70.9 Å². The molecule has 0 unspecified atom stereocenters. The van der Waals surface area contributed by atoms with Crippen molar-refractivity contribution in [2.75, 3.05) is 12.8 Å². The van der Waals surface area contributed by atoms with E-state index < -0.39 is 0 Å². The second-order valence-corrected chi connectivity index (χ2v) is 4.42. The van der Waals surface area contributed by atoms with Crippen LogP contribution in [0.2, 0.25) is 0 Å². The summed E-state index contributed by atoms with van der Waals surface area (Å²) in [5.74, 6) is 2.19. The number of benzene rings is 1. The Hall–Kier alpha value is -2.50. The zero-order valence-corrected chi connectivity index (χ0v) is 11.1. The number of rotatable bonds is 2. The number of nitrogens with two attached hydrogens (primary N) is 1. The molecule has 0 amide bonds. The van der Waals surface area contributed by atoms with Gasteiger partial charge in [-0.15, -0.1) is 0 Å². The highest BCUT2D eigenvalue weighted by atomic mass is 16.5. The minimum absolute atomic E-state index is 0.602. The average molecular weight is 257 g/mol. The number of nitrogen functional groups attached to an aromatic ring is 1. The summed E-state index contributed by atoms with van der Waals surface area (Å²) in [7, 11) is 5.41. The molecule has 1 aromatic carbocycles. The Bertz CT molecular complexity index is 756. The molecule has 0 aliphatic carbocycles. The van der Waals surface area contributed by atoms with Crippen LogP contribution in [0.4, 0.5) is 5.82 Å². The Morgan fingerprint density at radius 3 is 2.68 bits per heavy atom. The van der Waals surface area contributed by atoms with Crippen molar-refractivity contribution in [1.29, 1.82) is 0 Å². The molecule has 0 saturated heterocycles. The zero-order chi connectivity index (χ0) is 13.6. The number of aromatic nitrogens is 4. The molecule has 0 aliphatic heterocycles. The van der Waals surface area contributed by atoms with E-state index >= 15 is 0 Å². The maximum Gasteiger partial charge on any atom is 0.146 e. The lowest BCUT2D eigenvalue weighted by Crippen LogP contribution is -2.00. The van der Waals surface area contributed by atoms with E-state index in [1.54, 1.807) is 18.0 Å². The molecular weight excluding hydrogens is 242 g/mol. The molecule has 19 heavy (non-hydrogen) atoms. The number of fused-ring (bicyclic) bond motifs is 1. The molecule has 3 aromatic rings. The highest BCUT2D eigenvalue weighted by Gasteiger charge is 2.15. The summed E-state index contributed by atoms with van der Waals surface area (Å²) in [6, 6.07) is 5.81. The van der Waals surface area contributed by atoms with Crippen molar-refractivity contribution in [2.24, 2.45) is 14.1 Å². The molecule has 0 spiro atoms. The molecule has 0 fully saturated rings. The van der Waals surface area contributed by atoms with Gasteiger partial charge in [0.05, 0.1) is 29.9 Å². The van der Waals surface area contributed by atoms with Crippen molar-refractivity contribution in [1.82, 2.24) is 19.3 Å². The molecule has 6 heteroatoms. The quantitative estimate of drug-likeness (QED) is 0.756. The first-order valence-corrected chi connectivity index (χ1v) is 5.90. The fraction of sp³-hybridized carbons (Fsp3) is 0.231. The molecule has 2 N–H and O–H groups in total. The van der Waals surface area contributed by atoms with Gasteiger partial charge in [0.25, 0.3) is 0 Å². The van der Waals surface area contributed by atoms with Crippen molar-refractivity contribution in [3.63, 3.8) is 0 Å². The van der Waals surface area contributed by atoms with Crippen LogP contribution in [-0.4, -0.2) is 26.4 Å². The summed E-state index contributed by atoms with van der Waals surface area (Å²) in [6.45, 7) is 0. The molecule has 0 atom stereocenters. The first kappa shape index (κ1) is 11.6. The summed E-state index contributed by atoms with van der Waals surface area (Å²) < 4.78 is 8.85. The SMILES string of the molecule is COc1ccc2c(c1)nc(-c1cnn(C)c1N)n2C. The Labute approximate surface area is 110 Å². The van der Waals surface area contributed by atoms with Gasteiger partial charge < -0.3 is 15.0 Å².